The van der Waals surface area contributed by atoms with E-state index in [1.807, 2.05) is 0 Å². The van der Waals surface area contributed by atoms with Crippen molar-refractivity contribution in [3.63, 3.8) is 0 Å². The highest BCUT2D eigenvalue weighted by Crippen LogP contribution is 2.29. The Hall–Kier alpha value is -3.10. The van der Waals surface area contributed by atoms with Crippen LogP contribution in [0.4, 0.5) is 5.69 Å². The molecule has 7 nitrogen and oxygen atoms in total. The van der Waals surface area contributed by atoms with Crippen molar-refractivity contribution in [2.45, 2.75) is 4.90 Å². The van der Waals surface area contributed by atoms with Crippen LogP contribution in [0.25, 0.3) is 0 Å². The van der Waals surface area contributed by atoms with Crippen molar-refractivity contribution in [1.29, 1.82) is 0 Å². The summed E-state index contributed by atoms with van der Waals surface area (Å²) < 4.78 is 33.3. The van der Waals surface area contributed by atoms with Gasteiger partial charge in [-0.15, -0.1) is 0 Å². The van der Waals surface area contributed by atoms with Crippen molar-refractivity contribution in [3.8, 4) is 11.5 Å². The summed E-state index contributed by atoms with van der Waals surface area (Å²) in [5.74, 6) is 0.464. The number of ether oxygens (including phenoxy) is 1. The molecule has 2 N–H and O–H groups in total. The van der Waals surface area contributed by atoms with Gasteiger partial charge in [-0.05, 0) is 42.5 Å². The van der Waals surface area contributed by atoms with E-state index in [0.29, 0.717) is 16.5 Å². The van der Waals surface area contributed by atoms with E-state index in [0.717, 1.165) is 0 Å². The number of hydrogen-bond donors (Lipinski definition) is 2. The van der Waals surface area contributed by atoms with Gasteiger partial charge < -0.3 is 10.1 Å². The first-order chi connectivity index (χ1) is 13.4. The fraction of sp³-hybridized carbons (Fsp3) is 0.0526. The van der Waals surface area contributed by atoms with E-state index in [4.69, 9.17) is 16.3 Å². The Kier molecular flexibility index (Phi) is 5.81. The van der Waals surface area contributed by atoms with Crippen LogP contribution in [0.15, 0.2) is 71.9 Å². The van der Waals surface area contributed by atoms with Crippen LogP contribution in [-0.2, 0) is 10.0 Å². The predicted octanol–water partition coefficient (Wildman–Crippen LogP) is 3.69. The molecule has 0 spiro atoms. The number of nitrogens with one attached hydrogen (secondary N) is 2. The molecule has 0 aliphatic carbocycles. The molecule has 1 aromatic heterocycles. The molecule has 3 aromatic rings. The molecule has 0 radical (unpaired) electrons. The van der Waals surface area contributed by atoms with Gasteiger partial charge in [-0.1, -0.05) is 23.7 Å². The molecule has 0 aliphatic heterocycles. The van der Waals surface area contributed by atoms with Crippen LogP contribution in [0, 0.1) is 0 Å². The maximum atomic E-state index is 12.7. The molecule has 0 fully saturated rings. The highest BCUT2D eigenvalue weighted by atomic mass is 35.5. The van der Waals surface area contributed by atoms with E-state index in [2.05, 4.69) is 15.0 Å². The zero-order chi connectivity index (χ0) is 20.1. The maximum absolute atomic E-state index is 12.7. The number of nitrogens with zero attached hydrogens (tertiary/aromatic N) is 1. The van der Waals surface area contributed by atoms with E-state index in [-0.39, 0.29) is 16.1 Å². The Bertz CT molecular complexity index is 1100. The number of halogens is 1. The van der Waals surface area contributed by atoms with Crippen LogP contribution in [0.2, 0.25) is 5.02 Å². The minimum absolute atomic E-state index is 0.00529. The lowest BCUT2D eigenvalue weighted by molar-refractivity contribution is 0.0964. The monoisotopic (exact) mass is 417 g/mol. The molecule has 1 heterocycles. The molecule has 28 heavy (non-hydrogen) atoms. The van der Waals surface area contributed by atoms with E-state index in [9.17, 15) is 13.2 Å². The van der Waals surface area contributed by atoms with E-state index in [1.165, 1.54) is 49.8 Å². The molecule has 0 aliphatic rings. The van der Waals surface area contributed by atoms with Gasteiger partial charge in [-0.2, -0.15) is 0 Å². The smallest absolute Gasteiger partial charge is 0.261 e. The fourth-order valence-corrected chi connectivity index (χ4v) is 3.59. The Labute approximate surface area is 167 Å². The highest BCUT2D eigenvalue weighted by Gasteiger charge is 2.18. The molecule has 0 saturated heterocycles. The lowest BCUT2D eigenvalue weighted by Gasteiger charge is -2.12. The van der Waals surface area contributed by atoms with Gasteiger partial charge in [0.15, 0.2) is 0 Å². The minimum atomic E-state index is -3.93. The number of pyridine rings is 1. The maximum Gasteiger partial charge on any atom is 0.261 e. The van der Waals surface area contributed by atoms with E-state index >= 15 is 0 Å². The molecule has 2 aromatic carbocycles. The third-order valence-corrected chi connectivity index (χ3v) is 5.43. The first-order valence-corrected chi connectivity index (χ1v) is 9.98. The average molecular weight is 418 g/mol. The van der Waals surface area contributed by atoms with Crippen molar-refractivity contribution in [2.75, 3.05) is 11.8 Å². The molecule has 0 atom stereocenters. The second kappa shape index (κ2) is 8.28. The Morgan fingerprint density at radius 3 is 2.46 bits per heavy atom. The van der Waals surface area contributed by atoms with Crippen molar-refractivity contribution >= 4 is 33.2 Å². The van der Waals surface area contributed by atoms with Crippen LogP contribution in [0.1, 0.15) is 10.4 Å². The van der Waals surface area contributed by atoms with E-state index < -0.39 is 15.9 Å². The molecular weight excluding hydrogens is 402 g/mol. The summed E-state index contributed by atoms with van der Waals surface area (Å²) in [6, 6.07) is 14.2. The van der Waals surface area contributed by atoms with Crippen LogP contribution in [-0.4, -0.2) is 26.4 Å². The fourth-order valence-electron chi connectivity index (χ4n) is 2.35. The topological polar surface area (TPSA) is 97.4 Å². The predicted molar refractivity (Wildman–Crippen MR) is 106 cm³/mol. The van der Waals surface area contributed by atoms with Gasteiger partial charge in [0.25, 0.3) is 15.9 Å². The van der Waals surface area contributed by atoms with Crippen molar-refractivity contribution in [2.24, 2.45) is 0 Å². The number of amides is 1. The van der Waals surface area contributed by atoms with Gasteiger partial charge in [-0.3, -0.25) is 14.5 Å². The molecule has 3 rings (SSSR count). The van der Waals surface area contributed by atoms with Gasteiger partial charge in [0.1, 0.15) is 11.5 Å². The molecule has 144 valence electrons. The summed E-state index contributed by atoms with van der Waals surface area (Å²) in [5.41, 5.74) is 0.248. The largest absolute Gasteiger partial charge is 0.456 e. The zero-order valence-corrected chi connectivity index (χ0v) is 16.3. The van der Waals surface area contributed by atoms with Gasteiger partial charge >= 0.3 is 0 Å². The molecule has 9 heteroatoms. The van der Waals surface area contributed by atoms with Crippen LogP contribution >= 0.6 is 11.6 Å². The number of para-hydroxylation sites is 1. The van der Waals surface area contributed by atoms with Crippen molar-refractivity contribution in [3.05, 3.63) is 77.6 Å². The van der Waals surface area contributed by atoms with Crippen molar-refractivity contribution < 1.29 is 17.9 Å². The van der Waals surface area contributed by atoms with Crippen molar-refractivity contribution in [1.82, 2.24) is 10.3 Å². The third kappa shape index (κ3) is 4.41. The summed E-state index contributed by atoms with van der Waals surface area (Å²) in [6.45, 7) is 0. The quantitative estimate of drug-likeness (QED) is 0.637. The Morgan fingerprint density at radius 2 is 1.79 bits per heavy atom. The number of anilines is 1. The second-order valence-electron chi connectivity index (χ2n) is 5.61. The van der Waals surface area contributed by atoms with Gasteiger partial charge in [0.2, 0.25) is 0 Å². The number of aromatic nitrogens is 1. The molecule has 0 unspecified atom stereocenters. The normalized spacial score (nSPS) is 10.9. The number of carbonyl (C=O) groups is 1. The first-order valence-electron chi connectivity index (χ1n) is 8.12. The summed E-state index contributed by atoms with van der Waals surface area (Å²) in [5, 5.41) is 2.90. The molecular formula is C19H16ClN3O4S. The number of benzene rings is 2. The summed E-state index contributed by atoms with van der Waals surface area (Å²) in [7, 11) is -2.47. The Balaban J connectivity index is 1.82. The number of carbonyl (C=O) groups excluding carboxylic acids is 1. The third-order valence-electron chi connectivity index (χ3n) is 3.74. The summed E-state index contributed by atoms with van der Waals surface area (Å²) >= 11 is 6.05. The number of sulfonamides is 1. The highest BCUT2D eigenvalue weighted by molar-refractivity contribution is 7.92. The first kappa shape index (κ1) is 19.7. The SMILES string of the molecule is CNC(=O)c1ccncc1NS(=O)(=O)c1ccc(Oc2ccccc2Cl)cc1. The van der Waals surface area contributed by atoms with E-state index in [1.54, 1.807) is 24.3 Å². The Morgan fingerprint density at radius 1 is 1.07 bits per heavy atom. The standard InChI is InChI=1S/C19H16ClN3O4S/c1-21-19(24)15-10-11-22-12-17(15)23-28(25,26)14-8-6-13(7-9-14)27-18-5-3-2-4-16(18)20/h2-12,23H,1H3,(H,21,24). The number of hydrogen-bond acceptors (Lipinski definition) is 5. The van der Waals surface area contributed by atoms with Crippen LogP contribution in [0.5, 0.6) is 11.5 Å². The van der Waals surface area contributed by atoms with Gasteiger partial charge in [-0.25, -0.2) is 8.42 Å². The average Bonchev–Trinajstić information content (AvgIpc) is 2.70. The molecule has 0 bridgehead atoms. The lowest BCUT2D eigenvalue weighted by Crippen LogP contribution is -2.21. The zero-order valence-electron chi connectivity index (χ0n) is 14.7. The van der Waals surface area contributed by atoms with Gasteiger partial charge in [0.05, 0.1) is 27.4 Å². The van der Waals surface area contributed by atoms with Gasteiger partial charge in [0, 0.05) is 13.2 Å². The summed E-state index contributed by atoms with van der Waals surface area (Å²) in [4.78, 5) is 15.8. The second-order valence-corrected chi connectivity index (χ2v) is 7.70. The van der Waals surface area contributed by atoms with Crippen LogP contribution < -0.4 is 14.8 Å². The minimum Gasteiger partial charge on any atom is -0.456 e. The molecule has 1 amide bonds. The number of rotatable bonds is 6. The molecule has 0 saturated carbocycles. The van der Waals surface area contributed by atoms with Crippen LogP contribution in [0.3, 0.4) is 0 Å². The lowest BCUT2D eigenvalue weighted by atomic mass is 10.2. The summed E-state index contributed by atoms with van der Waals surface area (Å²) in [6.07, 6.45) is 2.68.